The van der Waals surface area contributed by atoms with E-state index in [0.717, 1.165) is 22.2 Å². The van der Waals surface area contributed by atoms with Crippen molar-refractivity contribution in [1.82, 2.24) is 15.0 Å². The third-order valence-electron chi connectivity index (χ3n) is 3.88. The van der Waals surface area contributed by atoms with Crippen molar-refractivity contribution in [2.24, 2.45) is 0 Å². The van der Waals surface area contributed by atoms with E-state index < -0.39 is 0 Å². The molecule has 6 nitrogen and oxygen atoms in total. The first kappa shape index (κ1) is 16.2. The fourth-order valence-corrected chi connectivity index (χ4v) is 3.31. The van der Waals surface area contributed by atoms with Gasteiger partial charge < -0.3 is 4.74 Å². The molecule has 0 aliphatic carbocycles. The standard InChI is InChI=1S/C19H14N4O2S/c1-25-13-4-5-16-15(9-13)14(6-8-21-16)18(24)23-19-22-17(11-26-19)12-3-2-7-20-10-12/h2-11H,1H3,(H,22,23,24). The van der Waals surface area contributed by atoms with Gasteiger partial charge in [-0.2, -0.15) is 0 Å². The monoisotopic (exact) mass is 362 g/mol. The Hall–Kier alpha value is -3.32. The van der Waals surface area contributed by atoms with Gasteiger partial charge in [0.25, 0.3) is 5.91 Å². The molecular weight excluding hydrogens is 348 g/mol. The molecule has 1 amide bonds. The van der Waals surface area contributed by atoms with Crippen LogP contribution >= 0.6 is 11.3 Å². The number of hydrogen-bond donors (Lipinski definition) is 1. The molecule has 0 aliphatic rings. The average Bonchev–Trinajstić information content (AvgIpc) is 3.16. The van der Waals surface area contributed by atoms with E-state index in [0.29, 0.717) is 16.4 Å². The summed E-state index contributed by atoms with van der Waals surface area (Å²) in [6.07, 6.45) is 5.07. The number of nitrogens with zero attached hydrogens (tertiary/aromatic N) is 3. The van der Waals surface area contributed by atoms with Gasteiger partial charge in [0.05, 0.1) is 23.9 Å². The largest absolute Gasteiger partial charge is 0.497 e. The van der Waals surface area contributed by atoms with Crippen LogP contribution < -0.4 is 10.1 Å². The maximum Gasteiger partial charge on any atom is 0.258 e. The molecule has 0 spiro atoms. The molecular formula is C19H14N4O2S. The molecule has 3 heterocycles. The van der Waals surface area contributed by atoms with Gasteiger partial charge in [0.15, 0.2) is 5.13 Å². The highest BCUT2D eigenvalue weighted by molar-refractivity contribution is 7.14. The van der Waals surface area contributed by atoms with Crippen molar-refractivity contribution < 1.29 is 9.53 Å². The van der Waals surface area contributed by atoms with E-state index >= 15 is 0 Å². The zero-order chi connectivity index (χ0) is 17.9. The number of hydrogen-bond acceptors (Lipinski definition) is 6. The lowest BCUT2D eigenvalue weighted by atomic mass is 10.1. The van der Waals surface area contributed by atoms with Crippen LogP contribution in [0.1, 0.15) is 10.4 Å². The molecule has 0 aliphatic heterocycles. The van der Waals surface area contributed by atoms with Gasteiger partial charge in [0, 0.05) is 34.9 Å². The number of carbonyl (C=O) groups excluding carboxylic acids is 1. The maximum atomic E-state index is 12.7. The summed E-state index contributed by atoms with van der Waals surface area (Å²) < 4.78 is 5.25. The summed E-state index contributed by atoms with van der Waals surface area (Å²) in [7, 11) is 1.59. The number of pyridine rings is 2. The molecule has 1 aromatic carbocycles. The lowest BCUT2D eigenvalue weighted by Crippen LogP contribution is -2.12. The number of thiazole rings is 1. The summed E-state index contributed by atoms with van der Waals surface area (Å²) in [5.74, 6) is 0.436. The minimum Gasteiger partial charge on any atom is -0.497 e. The predicted octanol–water partition coefficient (Wildman–Crippen LogP) is 4.01. The van der Waals surface area contributed by atoms with E-state index in [9.17, 15) is 4.79 Å². The van der Waals surface area contributed by atoms with Crippen molar-refractivity contribution in [3.05, 3.63) is 65.9 Å². The number of ether oxygens (including phenoxy) is 1. The van der Waals surface area contributed by atoms with Crippen LogP contribution in [0.3, 0.4) is 0 Å². The van der Waals surface area contributed by atoms with E-state index in [-0.39, 0.29) is 5.91 Å². The quantitative estimate of drug-likeness (QED) is 0.593. The summed E-state index contributed by atoms with van der Waals surface area (Å²) in [4.78, 5) is 25.6. The van der Waals surface area contributed by atoms with Crippen molar-refractivity contribution in [3.8, 4) is 17.0 Å². The average molecular weight is 362 g/mol. The molecule has 4 rings (SSSR count). The van der Waals surface area contributed by atoms with Crippen LogP contribution in [0.25, 0.3) is 22.2 Å². The molecule has 0 unspecified atom stereocenters. The van der Waals surface area contributed by atoms with Gasteiger partial charge in [0.1, 0.15) is 5.75 Å². The highest BCUT2D eigenvalue weighted by atomic mass is 32.1. The molecule has 7 heteroatoms. The molecule has 4 aromatic rings. The van der Waals surface area contributed by atoms with Crippen molar-refractivity contribution in [2.75, 3.05) is 12.4 Å². The highest BCUT2D eigenvalue weighted by Gasteiger charge is 2.14. The fraction of sp³-hybridized carbons (Fsp3) is 0.0526. The summed E-state index contributed by atoms with van der Waals surface area (Å²) in [6.45, 7) is 0. The molecule has 0 atom stereocenters. The lowest BCUT2D eigenvalue weighted by molar-refractivity contribution is 0.102. The zero-order valence-electron chi connectivity index (χ0n) is 13.8. The molecule has 1 N–H and O–H groups in total. The van der Waals surface area contributed by atoms with Gasteiger partial charge in [0.2, 0.25) is 0 Å². The number of amides is 1. The van der Waals surface area contributed by atoms with Crippen LogP contribution in [0, 0.1) is 0 Å². The Morgan fingerprint density at radius 1 is 1.19 bits per heavy atom. The normalized spacial score (nSPS) is 10.7. The van der Waals surface area contributed by atoms with Crippen molar-refractivity contribution >= 4 is 33.3 Å². The Kier molecular flexibility index (Phi) is 4.28. The number of fused-ring (bicyclic) bond motifs is 1. The minimum atomic E-state index is -0.238. The van der Waals surface area contributed by atoms with Gasteiger partial charge in [-0.05, 0) is 36.4 Å². The Morgan fingerprint density at radius 2 is 2.12 bits per heavy atom. The Morgan fingerprint density at radius 3 is 2.92 bits per heavy atom. The molecule has 0 saturated heterocycles. The second kappa shape index (κ2) is 6.89. The first-order chi connectivity index (χ1) is 12.7. The van der Waals surface area contributed by atoms with Gasteiger partial charge in [-0.1, -0.05) is 0 Å². The first-order valence-electron chi connectivity index (χ1n) is 7.84. The van der Waals surface area contributed by atoms with Gasteiger partial charge in [-0.3, -0.25) is 20.1 Å². The third-order valence-corrected chi connectivity index (χ3v) is 4.63. The number of anilines is 1. The number of carbonyl (C=O) groups is 1. The van der Waals surface area contributed by atoms with Crippen molar-refractivity contribution in [2.45, 2.75) is 0 Å². The van der Waals surface area contributed by atoms with Crippen LogP contribution in [-0.4, -0.2) is 28.0 Å². The number of nitrogens with one attached hydrogen (secondary N) is 1. The molecule has 0 fully saturated rings. The zero-order valence-corrected chi connectivity index (χ0v) is 14.7. The SMILES string of the molecule is COc1ccc2nccc(C(=O)Nc3nc(-c4cccnc4)cs3)c2c1. The highest BCUT2D eigenvalue weighted by Crippen LogP contribution is 2.26. The predicted molar refractivity (Wildman–Crippen MR) is 102 cm³/mol. The van der Waals surface area contributed by atoms with Crippen LogP contribution in [0.2, 0.25) is 0 Å². The van der Waals surface area contributed by atoms with E-state index in [1.54, 1.807) is 37.8 Å². The molecule has 0 saturated carbocycles. The topological polar surface area (TPSA) is 77.0 Å². The Bertz CT molecular complexity index is 1080. The van der Waals surface area contributed by atoms with Crippen LogP contribution in [0.4, 0.5) is 5.13 Å². The molecule has 128 valence electrons. The number of benzene rings is 1. The molecule has 26 heavy (non-hydrogen) atoms. The van der Waals surface area contributed by atoms with Gasteiger partial charge in [-0.15, -0.1) is 11.3 Å². The second-order valence-electron chi connectivity index (χ2n) is 5.48. The van der Waals surface area contributed by atoms with Crippen LogP contribution in [-0.2, 0) is 0 Å². The maximum absolute atomic E-state index is 12.7. The van der Waals surface area contributed by atoms with Crippen molar-refractivity contribution in [1.29, 1.82) is 0 Å². The Labute approximate surface area is 153 Å². The minimum absolute atomic E-state index is 0.238. The Balaban J connectivity index is 1.63. The summed E-state index contributed by atoms with van der Waals surface area (Å²) in [5.41, 5.74) is 2.93. The summed E-state index contributed by atoms with van der Waals surface area (Å²) in [5, 5.41) is 6.01. The van der Waals surface area contributed by atoms with E-state index in [4.69, 9.17) is 4.74 Å². The van der Waals surface area contributed by atoms with Crippen LogP contribution in [0.15, 0.2) is 60.4 Å². The molecule has 0 bridgehead atoms. The van der Waals surface area contributed by atoms with E-state index in [1.807, 2.05) is 29.6 Å². The van der Waals surface area contributed by atoms with Gasteiger partial charge >= 0.3 is 0 Å². The lowest BCUT2D eigenvalue weighted by Gasteiger charge is -2.07. The van der Waals surface area contributed by atoms with Crippen molar-refractivity contribution in [3.63, 3.8) is 0 Å². The molecule has 0 radical (unpaired) electrons. The third kappa shape index (κ3) is 3.12. The van der Waals surface area contributed by atoms with Crippen LogP contribution in [0.5, 0.6) is 5.75 Å². The molecule has 3 aromatic heterocycles. The smallest absolute Gasteiger partial charge is 0.258 e. The fourth-order valence-electron chi connectivity index (χ4n) is 2.59. The number of rotatable bonds is 4. The summed E-state index contributed by atoms with van der Waals surface area (Å²) in [6, 6.07) is 10.9. The van der Waals surface area contributed by atoms with Gasteiger partial charge in [-0.25, -0.2) is 4.98 Å². The van der Waals surface area contributed by atoms with E-state index in [2.05, 4.69) is 20.3 Å². The first-order valence-corrected chi connectivity index (χ1v) is 8.72. The number of aromatic nitrogens is 3. The summed E-state index contributed by atoms with van der Waals surface area (Å²) >= 11 is 1.37. The second-order valence-corrected chi connectivity index (χ2v) is 6.33. The number of methoxy groups -OCH3 is 1. The van der Waals surface area contributed by atoms with E-state index in [1.165, 1.54) is 11.3 Å².